The van der Waals surface area contributed by atoms with Crippen LogP contribution in [-0.4, -0.2) is 88.3 Å². The van der Waals surface area contributed by atoms with Gasteiger partial charge in [0, 0.05) is 67.3 Å². The summed E-state index contributed by atoms with van der Waals surface area (Å²) in [7, 11) is -2.01. The van der Waals surface area contributed by atoms with Crippen molar-refractivity contribution in [3.8, 4) is 22.9 Å². The Morgan fingerprint density at radius 2 is 1.73 bits per heavy atom. The van der Waals surface area contributed by atoms with Crippen molar-refractivity contribution in [3.63, 3.8) is 0 Å². The van der Waals surface area contributed by atoms with Gasteiger partial charge in [-0.05, 0) is 123 Å². The van der Waals surface area contributed by atoms with Crippen molar-refractivity contribution in [2.24, 2.45) is 5.92 Å². The molecule has 3 N–H and O–H groups in total. The number of hydrogen-bond acceptors (Lipinski definition) is 12. The van der Waals surface area contributed by atoms with Crippen LogP contribution in [0.1, 0.15) is 78.5 Å². The van der Waals surface area contributed by atoms with E-state index >= 15 is 0 Å². The molecule has 0 spiro atoms. The summed E-state index contributed by atoms with van der Waals surface area (Å²) in [6.45, 7) is 9.84. The molecule has 9 rings (SSSR count). The zero-order chi connectivity index (χ0) is 41.8. The fourth-order valence-corrected chi connectivity index (χ4v) is 10.4. The van der Waals surface area contributed by atoms with E-state index in [4.69, 9.17) is 24.4 Å². The fraction of sp³-hybridized carbons (Fsp3) is 0.435. The number of hydrogen-bond donors (Lipinski definition) is 3. The second-order valence-electron chi connectivity index (χ2n) is 17.3. The summed E-state index contributed by atoms with van der Waals surface area (Å²) < 4.78 is 39.1. The summed E-state index contributed by atoms with van der Waals surface area (Å²) in [6, 6.07) is 18.9. The van der Waals surface area contributed by atoms with Gasteiger partial charge in [0.1, 0.15) is 11.6 Å². The molecule has 0 unspecified atom stereocenters. The van der Waals surface area contributed by atoms with Crippen molar-refractivity contribution in [1.29, 1.82) is 0 Å². The van der Waals surface area contributed by atoms with Gasteiger partial charge in [0.05, 0.1) is 23.9 Å². The second kappa shape index (κ2) is 16.0. The maximum Gasteiger partial charge on any atom is 0.240 e. The number of aliphatic hydroxyl groups excluding tert-OH is 1. The van der Waals surface area contributed by atoms with E-state index in [2.05, 4.69) is 75.3 Å². The van der Waals surface area contributed by atoms with Crippen LogP contribution in [0, 0.1) is 19.8 Å². The molecule has 14 heteroatoms. The molecule has 2 aliphatic heterocycles. The highest BCUT2D eigenvalue weighted by Gasteiger charge is 2.51. The molecule has 0 bridgehead atoms. The van der Waals surface area contributed by atoms with Gasteiger partial charge < -0.3 is 19.9 Å². The van der Waals surface area contributed by atoms with Crippen LogP contribution >= 0.6 is 0 Å². The molecule has 314 valence electrons. The number of aromatic nitrogens is 3. The molecule has 5 heterocycles. The number of nitrogens with one attached hydrogen (secondary N) is 2. The minimum Gasteiger partial charge on any atom is -0.481 e. The molecule has 1 saturated carbocycles. The highest BCUT2D eigenvalue weighted by Crippen LogP contribution is 2.44. The lowest BCUT2D eigenvalue weighted by Gasteiger charge is -2.20. The van der Waals surface area contributed by atoms with Crippen molar-refractivity contribution < 1.29 is 27.8 Å². The lowest BCUT2D eigenvalue weighted by molar-refractivity contribution is -0.122. The average Bonchev–Trinajstić information content (AvgIpc) is 3.50. The van der Waals surface area contributed by atoms with Crippen molar-refractivity contribution in [3.05, 3.63) is 100 Å². The molecule has 3 atom stereocenters. The number of methoxy groups -OCH3 is 1. The number of ether oxygens (including phenoxy) is 2. The summed E-state index contributed by atoms with van der Waals surface area (Å²) in [4.78, 5) is 31.7. The highest BCUT2D eigenvalue weighted by molar-refractivity contribution is 7.91. The summed E-state index contributed by atoms with van der Waals surface area (Å²) in [5, 5.41) is 14.5. The van der Waals surface area contributed by atoms with Gasteiger partial charge in [-0.15, -0.1) is 0 Å². The Morgan fingerprint density at radius 3 is 2.52 bits per heavy atom. The van der Waals surface area contributed by atoms with E-state index in [0.717, 1.165) is 70.2 Å². The number of fused-ring (bicyclic) bond motifs is 2. The number of benzene rings is 2. The van der Waals surface area contributed by atoms with Gasteiger partial charge in [0.15, 0.2) is 5.82 Å². The largest absolute Gasteiger partial charge is 0.481 e. The quantitative estimate of drug-likeness (QED) is 0.118. The van der Waals surface area contributed by atoms with E-state index in [1.807, 2.05) is 19.2 Å². The van der Waals surface area contributed by atoms with E-state index in [-0.39, 0.29) is 18.1 Å². The summed E-state index contributed by atoms with van der Waals surface area (Å²) in [6.07, 6.45) is 7.52. The van der Waals surface area contributed by atoms with Crippen LogP contribution in [-0.2, 0) is 34.3 Å². The molecular weight excluding hydrogens is 779 g/mol. The highest BCUT2D eigenvalue weighted by atomic mass is 32.2. The van der Waals surface area contributed by atoms with Gasteiger partial charge in [-0.3, -0.25) is 24.3 Å². The zero-order valence-electron chi connectivity index (χ0n) is 34.7. The molecule has 60 heavy (non-hydrogen) atoms. The number of nitrogens with zero attached hydrogens (tertiary/aromatic N) is 5. The van der Waals surface area contributed by atoms with Crippen LogP contribution in [0.25, 0.3) is 22.0 Å². The van der Waals surface area contributed by atoms with Crippen LogP contribution in [0.3, 0.4) is 0 Å². The van der Waals surface area contributed by atoms with E-state index in [9.17, 15) is 18.3 Å². The van der Waals surface area contributed by atoms with E-state index in [0.29, 0.717) is 69.6 Å². The van der Waals surface area contributed by atoms with Crippen molar-refractivity contribution in [2.75, 3.05) is 38.6 Å². The Balaban J connectivity index is 0.885. The third kappa shape index (κ3) is 7.93. The fourth-order valence-electron chi connectivity index (χ4n) is 9.07. The molecule has 2 aliphatic carbocycles. The number of rotatable bonds is 13. The number of likely N-dealkylation sites (tertiary alicyclic amines) is 2. The number of carbonyl (C=O) groups is 1. The SMILES string of the molecule is COc1nc(O[C@@H]2CCc3c(-c4cccc(Nc5nccc6cc(CN7CC[C@@H](C(=O)NS(=O)(=O)C8(C)CC8)C7)cnc56)c4C)cccc32)c(C)cc1CN1CC[C@@H](O)C1. The third-order valence-corrected chi connectivity index (χ3v) is 15.1. The van der Waals surface area contributed by atoms with Crippen LogP contribution < -0.4 is 19.5 Å². The van der Waals surface area contributed by atoms with Crippen LogP contribution in [0.15, 0.2) is 67.0 Å². The minimum absolute atomic E-state index is 0.140. The first-order chi connectivity index (χ1) is 28.9. The number of sulfonamides is 1. The number of pyridine rings is 3. The van der Waals surface area contributed by atoms with E-state index in [1.165, 1.54) is 16.7 Å². The molecule has 2 aromatic carbocycles. The summed E-state index contributed by atoms with van der Waals surface area (Å²) in [5.74, 6) is 1.03. The molecule has 1 amide bonds. The molecule has 3 aromatic heterocycles. The predicted octanol–water partition coefficient (Wildman–Crippen LogP) is 6.51. The Hall–Kier alpha value is -5.15. The van der Waals surface area contributed by atoms with Crippen LogP contribution in [0.4, 0.5) is 11.5 Å². The Labute approximate surface area is 351 Å². The number of aryl methyl sites for hydroxylation is 1. The molecular formula is C46H53N7O6S. The molecule has 13 nitrogen and oxygen atoms in total. The number of amides is 1. The molecule has 0 radical (unpaired) electrons. The van der Waals surface area contributed by atoms with Crippen LogP contribution in [0.5, 0.6) is 11.8 Å². The normalized spacial score (nSPS) is 21.2. The Kier molecular flexibility index (Phi) is 10.8. The topological polar surface area (TPSA) is 159 Å². The first-order valence-corrected chi connectivity index (χ1v) is 22.5. The second-order valence-corrected chi connectivity index (χ2v) is 19.5. The summed E-state index contributed by atoms with van der Waals surface area (Å²) in [5.41, 5.74) is 10.5. The van der Waals surface area contributed by atoms with Gasteiger partial charge in [-0.2, -0.15) is 4.98 Å². The monoisotopic (exact) mass is 831 g/mol. The molecule has 2 saturated heterocycles. The standard InChI is InChI=1S/C46H53N7O6S/c1-28-21-33(26-53-20-15-34(54)27-53)45(58-4)50-44(28)59-40-12-11-37-36(8-5-9-38(37)40)35-7-6-10-39(29(35)2)49-42-41-31(13-18-47-42)22-30(23-48-41)24-52-19-14-32(25-52)43(55)51-60(56,57)46(3)16-17-46/h5-10,13,18,21-23,32,34,40,54H,11-12,14-17,19-20,24-27H2,1-4H3,(H,47,49)(H,51,55)/t32-,34-,40-/m1/s1. The van der Waals surface area contributed by atoms with Crippen molar-refractivity contribution >= 4 is 38.3 Å². The average molecular weight is 832 g/mol. The number of anilines is 2. The van der Waals surface area contributed by atoms with Gasteiger partial charge in [-0.25, -0.2) is 13.4 Å². The minimum atomic E-state index is -3.65. The van der Waals surface area contributed by atoms with Gasteiger partial charge in [0.25, 0.3) is 0 Å². The molecule has 3 fully saturated rings. The Morgan fingerprint density at radius 1 is 0.950 bits per heavy atom. The first kappa shape index (κ1) is 40.3. The van der Waals surface area contributed by atoms with Gasteiger partial charge in [0.2, 0.25) is 27.7 Å². The lowest BCUT2D eigenvalue weighted by atomic mass is 9.93. The molecule has 5 aromatic rings. The predicted molar refractivity (Wildman–Crippen MR) is 231 cm³/mol. The lowest BCUT2D eigenvalue weighted by Crippen LogP contribution is -2.42. The number of aliphatic hydroxyl groups is 1. The maximum atomic E-state index is 12.9. The number of β-amino-alcohol motifs (C(OH)–C–C–N with tert-alkyl or cyclic N) is 1. The summed E-state index contributed by atoms with van der Waals surface area (Å²) >= 11 is 0. The van der Waals surface area contributed by atoms with E-state index in [1.54, 1.807) is 20.2 Å². The maximum absolute atomic E-state index is 12.9. The van der Waals surface area contributed by atoms with Crippen LogP contribution in [0.2, 0.25) is 0 Å². The molecule has 4 aliphatic rings. The van der Waals surface area contributed by atoms with E-state index < -0.39 is 20.7 Å². The van der Waals surface area contributed by atoms with Crippen molar-refractivity contribution in [2.45, 2.75) is 89.3 Å². The zero-order valence-corrected chi connectivity index (χ0v) is 35.5. The van der Waals surface area contributed by atoms with Gasteiger partial charge >= 0.3 is 0 Å². The first-order valence-electron chi connectivity index (χ1n) is 21.0. The van der Waals surface area contributed by atoms with Gasteiger partial charge in [-0.1, -0.05) is 30.3 Å². The Bertz CT molecular complexity index is 2580. The smallest absolute Gasteiger partial charge is 0.240 e. The number of carbonyl (C=O) groups excluding carboxylic acids is 1. The third-order valence-electron chi connectivity index (χ3n) is 12.9. The van der Waals surface area contributed by atoms with Crippen molar-refractivity contribution in [1.82, 2.24) is 29.5 Å².